The van der Waals surface area contributed by atoms with Gasteiger partial charge in [0.05, 0.1) is 26.9 Å². The second-order valence-corrected chi connectivity index (χ2v) is 6.04. The predicted octanol–water partition coefficient (Wildman–Crippen LogP) is 2.85. The Morgan fingerprint density at radius 1 is 1.08 bits per heavy atom. The van der Waals surface area contributed by atoms with Gasteiger partial charge >= 0.3 is 11.4 Å². The smallest absolute Gasteiger partial charge is 0.324 e. The number of nitro groups is 3. The van der Waals surface area contributed by atoms with E-state index >= 15 is 0 Å². The van der Waals surface area contributed by atoms with Gasteiger partial charge in [0.2, 0.25) is 0 Å². The highest BCUT2D eigenvalue weighted by atomic mass is 16.6. The van der Waals surface area contributed by atoms with Gasteiger partial charge in [-0.05, 0) is 32.4 Å². The maximum Gasteiger partial charge on any atom is 0.324 e. The van der Waals surface area contributed by atoms with Crippen LogP contribution in [0.4, 0.5) is 17.1 Å². The van der Waals surface area contributed by atoms with Crippen molar-refractivity contribution in [1.29, 1.82) is 0 Å². The van der Waals surface area contributed by atoms with Crippen LogP contribution >= 0.6 is 0 Å². The summed E-state index contributed by atoms with van der Waals surface area (Å²) < 4.78 is 0. The van der Waals surface area contributed by atoms with Gasteiger partial charge in [0.25, 0.3) is 11.4 Å². The van der Waals surface area contributed by atoms with Gasteiger partial charge in [-0.2, -0.15) is 0 Å². The average Bonchev–Trinajstić information content (AvgIpc) is 2.93. The number of aromatic hydroxyl groups is 1. The zero-order valence-corrected chi connectivity index (χ0v) is 14.1. The van der Waals surface area contributed by atoms with Crippen LogP contribution in [-0.2, 0) is 0 Å². The van der Waals surface area contributed by atoms with Gasteiger partial charge in [0, 0.05) is 6.04 Å². The fourth-order valence-electron chi connectivity index (χ4n) is 2.75. The first-order valence-corrected chi connectivity index (χ1v) is 7.56. The van der Waals surface area contributed by atoms with E-state index in [2.05, 4.69) is 25.8 Å². The minimum Gasteiger partial charge on any atom is -0.497 e. The number of phenols is 1. The summed E-state index contributed by atoms with van der Waals surface area (Å²) in [5.41, 5.74) is -3.00. The third kappa shape index (κ3) is 5.08. The molecule has 2 rings (SSSR count). The van der Waals surface area contributed by atoms with E-state index in [0.717, 1.165) is 12.0 Å². The average molecular weight is 356 g/mol. The van der Waals surface area contributed by atoms with Crippen LogP contribution < -0.4 is 0 Å². The first kappa shape index (κ1) is 20.2. The first-order valence-electron chi connectivity index (χ1n) is 7.56. The molecule has 11 heteroatoms. The van der Waals surface area contributed by atoms with Gasteiger partial charge in [0.1, 0.15) is 0 Å². The zero-order valence-electron chi connectivity index (χ0n) is 14.1. The summed E-state index contributed by atoms with van der Waals surface area (Å²) in [4.78, 5) is 30.2. The molecule has 0 aliphatic carbocycles. The van der Waals surface area contributed by atoms with Crippen molar-refractivity contribution in [1.82, 2.24) is 4.90 Å². The van der Waals surface area contributed by atoms with Gasteiger partial charge < -0.3 is 10.0 Å². The molecule has 1 heterocycles. The molecular weight excluding hydrogens is 336 g/mol. The molecule has 1 atom stereocenters. The highest BCUT2D eigenvalue weighted by Crippen LogP contribution is 2.38. The maximum atomic E-state index is 10.4. The van der Waals surface area contributed by atoms with Crippen LogP contribution in [0.15, 0.2) is 12.1 Å². The van der Waals surface area contributed by atoms with Crippen molar-refractivity contribution in [3.8, 4) is 5.75 Å². The molecule has 1 unspecified atom stereocenters. The zero-order chi connectivity index (χ0) is 19.3. The standard InChI is InChI=1S/C8H17N.C6H3N3O7/c1-7(2)8-5-4-6-9(8)3;10-6-4(8(13)14)1-3(7(11)12)2-5(6)9(15)16/h7-8H,4-6H2,1-3H3;1-2,10H. The summed E-state index contributed by atoms with van der Waals surface area (Å²) in [6.45, 7) is 5.93. The summed E-state index contributed by atoms with van der Waals surface area (Å²) >= 11 is 0. The number of hydrogen-bond acceptors (Lipinski definition) is 8. The van der Waals surface area contributed by atoms with Crippen molar-refractivity contribution in [3.63, 3.8) is 0 Å². The molecule has 25 heavy (non-hydrogen) atoms. The van der Waals surface area contributed by atoms with Crippen LogP contribution in [0.1, 0.15) is 26.7 Å². The highest BCUT2D eigenvalue weighted by Gasteiger charge is 2.30. The van der Waals surface area contributed by atoms with Crippen LogP contribution in [0, 0.1) is 36.3 Å². The Morgan fingerprint density at radius 2 is 1.56 bits per heavy atom. The third-order valence-corrected chi connectivity index (χ3v) is 4.01. The van der Waals surface area contributed by atoms with E-state index in [4.69, 9.17) is 5.11 Å². The second kappa shape index (κ2) is 8.33. The summed E-state index contributed by atoms with van der Waals surface area (Å²) in [5, 5.41) is 40.2. The minimum atomic E-state index is -1.21. The largest absolute Gasteiger partial charge is 0.497 e. The minimum absolute atomic E-state index is 0.447. The topological polar surface area (TPSA) is 153 Å². The molecule has 0 saturated carbocycles. The fraction of sp³-hybridized carbons (Fsp3) is 0.571. The van der Waals surface area contributed by atoms with E-state index in [1.54, 1.807) is 0 Å². The molecule has 1 N–H and O–H groups in total. The van der Waals surface area contributed by atoms with E-state index in [1.165, 1.54) is 19.4 Å². The van der Waals surface area contributed by atoms with Gasteiger partial charge in [-0.3, -0.25) is 30.3 Å². The molecule has 1 aliphatic rings. The molecular formula is C14H20N4O7. The SMILES string of the molecule is CC(C)C1CCCN1C.O=[N+]([O-])c1cc([N+](=O)[O-])c(O)c([N+](=O)[O-])c1. The lowest BCUT2D eigenvalue weighted by atomic mass is 10.0. The summed E-state index contributed by atoms with van der Waals surface area (Å²) in [5.74, 6) is -0.363. The summed E-state index contributed by atoms with van der Waals surface area (Å²) in [6.07, 6.45) is 2.81. The summed E-state index contributed by atoms with van der Waals surface area (Å²) in [6, 6.07) is 1.76. The van der Waals surface area contributed by atoms with Crippen LogP contribution in [0.25, 0.3) is 0 Å². The molecule has 0 radical (unpaired) electrons. The van der Waals surface area contributed by atoms with Crippen LogP contribution in [0.3, 0.4) is 0 Å². The third-order valence-electron chi connectivity index (χ3n) is 4.01. The lowest BCUT2D eigenvalue weighted by molar-refractivity contribution is -0.404. The second-order valence-electron chi connectivity index (χ2n) is 6.04. The molecule has 1 aromatic carbocycles. The molecule has 1 saturated heterocycles. The Kier molecular flexibility index (Phi) is 6.74. The molecule has 1 aromatic rings. The normalized spacial score (nSPS) is 17.0. The molecule has 1 fully saturated rings. The lowest BCUT2D eigenvalue weighted by Gasteiger charge is -2.22. The molecule has 0 spiro atoms. The van der Waals surface area contributed by atoms with E-state index in [-0.39, 0.29) is 0 Å². The van der Waals surface area contributed by atoms with Crippen LogP contribution in [-0.4, -0.2) is 44.4 Å². The predicted molar refractivity (Wildman–Crippen MR) is 88.6 cm³/mol. The number of hydrogen-bond donors (Lipinski definition) is 1. The number of non-ortho nitro benzene ring substituents is 1. The van der Waals surface area contributed by atoms with Crippen molar-refractivity contribution >= 4 is 17.1 Å². The number of nitrogens with zero attached hydrogens (tertiary/aromatic N) is 4. The van der Waals surface area contributed by atoms with Gasteiger partial charge in [-0.1, -0.05) is 13.8 Å². The molecule has 138 valence electrons. The van der Waals surface area contributed by atoms with Crippen LogP contribution in [0.2, 0.25) is 0 Å². The molecule has 0 aromatic heterocycles. The molecule has 11 nitrogen and oxygen atoms in total. The number of phenolic OH excluding ortho intramolecular Hbond substituents is 1. The molecule has 1 aliphatic heterocycles. The Bertz CT molecular complexity index is 642. The van der Waals surface area contributed by atoms with E-state index in [9.17, 15) is 30.3 Å². The maximum absolute atomic E-state index is 10.4. The monoisotopic (exact) mass is 356 g/mol. The lowest BCUT2D eigenvalue weighted by Crippen LogP contribution is -2.29. The highest BCUT2D eigenvalue weighted by molar-refractivity contribution is 5.64. The van der Waals surface area contributed by atoms with Crippen LogP contribution in [0.5, 0.6) is 5.75 Å². The Balaban J connectivity index is 0.000000293. The van der Waals surface area contributed by atoms with Gasteiger partial charge in [-0.15, -0.1) is 0 Å². The first-order chi connectivity index (χ1) is 11.6. The van der Waals surface area contributed by atoms with E-state index in [1.807, 2.05) is 0 Å². The number of likely N-dealkylation sites (tertiary alicyclic amines) is 1. The quantitative estimate of drug-likeness (QED) is 0.638. The number of nitro benzene ring substituents is 3. The van der Waals surface area contributed by atoms with Crippen molar-refractivity contribution in [3.05, 3.63) is 42.5 Å². The molecule has 0 amide bonds. The van der Waals surface area contributed by atoms with Crippen molar-refractivity contribution in [2.75, 3.05) is 13.6 Å². The van der Waals surface area contributed by atoms with Gasteiger partial charge in [0.15, 0.2) is 0 Å². The number of benzene rings is 1. The van der Waals surface area contributed by atoms with E-state index < -0.39 is 37.6 Å². The Labute approximate surface area is 143 Å². The number of rotatable bonds is 4. The van der Waals surface area contributed by atoms with E-state index in [0.29, 0.717) is 12.1 Å². The summed E-state index contributed by atoms with van der Waals surface area (Å²) in [7, 11) is 2.23. The van der Waals surface area contributed by atoms with Crippen molar-refractivity contribution in [2.24, 2.45) is 5.92 Å². The van der Waals surface area contributed by atoms with Gasteiger partial charge in [-0.25, -0.2) is 0 Å². The van der Waals surface area contributed by atoms with Crippen molar-refractivity contribution in [2.45, 2.75) is 32.7 Å². The molecule has 0 bridgehead atoms. The fourth-order valence-corrected chi connectivity index (χ4v) is 2.75. The Morgan fingerprint density at radius 3 is 1.80 bits per heavy atom. The Hall–Kier alpha value is -2.82. The van der Waals surface area contributed by atoms with Crippen molar-refractivity contribution < 1.29 is 19.9 Å².